The van der Waals surface area contributed by atoms with E-state index in [0.717, 1.165) is 17.1 Å². The van der Waals surface area contributed by atoms with Crippen LogP contribution in [0.5, 0.6) is 0 Å². The third-order valence-electron chi connectivity index (χ3n) is 4.92. The monoisotopic (exact) mass is 451 g/mol. The van der Waals surface area contributed by atoms with Crippen molar-refractivity contribution in [3.8, 4) is 0 Å². The van der Waals surface area contributed by atoms with Gasteiger partial charge in [0.2, 0.25) is 11.8 Å². The van der Waals surface area contributed by atoms with Gasteiger partial charge in [-0.2, -0.15) is 0 Å². The summed E-state index contributed by atoms with van der Waals surface area (Å²) in [4.78, 5) is 72.6. The molecule has 0 bridgehead atoms. The van der Waals surface area contributed by atoms with Gasteiger partial charge in [-0.1, -0.05) is 27.7 Å². The van der Waals surface area contributed by atoms with Crippen LogP contribution in [0.2, 0.25) is 0 Å². The SMILES string of the molecule is CC(C)C(=O)[C@@H](CCCCNC(N)=O)NC(=O)[C@H](NC(=O)CN1C(=O)C=CC1=O)C(C)C. The van der Waals surface area contributed by atoms with Crippen LogP contribution in [0.25, 0.3) is 0 Å². The first-order valence-corrected chi connectivity index (χ1v) is 10.6. The van der Waals surface area contributed by atoms with Gasteiger partial charge < -0.3 is 21.7 Å². The molecule has 0 aromatic rings. The molecule has 0 radical (unpaired) electrons. The summed E-state index contributed by atoms with van der Waals surface area (Å²) >= 11 is 0. The van der Waals surface area contributed by atoms with Gasteiger partial charge in [0.1, 0.15) is 12.6 Å². The molecule has 32 heavy (non-hydrogen) atoms. The maximum atomic E-state index is 12.9. The summed E-state index contributed by atoms with van der Waals surface area (Å²) in [5, 5.41) is 7.74. The first kappa shape index (κ1) is 26.8. The highest BCUT2D eigenvalue weighted by Crippen LogP contribution is 2.10. The Kier molecular flexibility index (Phi) is 10.5. The van der Waals surface area contributed by atoms with Crippen molar-refractivity contribution in [2.45, 2.75) is 59.0 Å². The first-order valence-electron chi connectivity index (χ1n) is 10.6. The molecular formula is C21H33N5O6. The lowest BCUT2D eigenvalue weighted by atomic mass is 9.95. The first-order chi connectivity index (χ1) is 14.9. The van der Waals surface area contributed by atoms with Crippen LogP contribution in [-0.4, -0.2) is 65.5 Å². The number of carbonyl (C=O) groups is 6. The fourth-order valence-corrected chi connectivity index (χ4v) is 3.12. The molecule has 0 aliphatic carbocycles. The van der Waals surface area contributed by atoms with E-state index in [1.54, 1.807) is 27.7 Å². The van der Waals surface area contributed by atoms with Gasteiger partial charge in [0.15, 0.2) is 5.78 Å². The molecule has 0 fully saturated rings. The lowest BCUT2D eigenvalue weighted by Gasteiger charge is -2.26. The molecular weight excluding hydrogens is 418 g/mol. The molecule has 5 N–H and O–H groups in total. The number of carbonyl (C=O) groups excluding carboxylic acids is 6. The lowest BCUT2D eigenvalue weighted by molar-refractivity contribution is -0.141. The van der Waals surface area contributed by atoms with Crippen molar-refractivity contribution in [1.29, 1.82) is 0 Å². The molecule has 0 aromatic heterocycles. The highest BCUT2D eigenvalue weighted by molar-refractivity contribution is 6.14. The minimum Gasteiger partial charge on any atom is -0.352 e. The number of unbranched alkanes of at least 4 members (excludes halogenated alkanes) is 1. The number of Topliss-reactive ketones (excluding diaryl/α,β-unsaturated/α-hetero) is 1. The summed E-state index contributed by atoms with van der Waals surface area (Å²) in [5.74, 6) is -3.14. The molecule has 0 spiro atoms. The Hall–Kier alpha value is -3.24. The van der Waals surface area contributed by atoms with Crippen LogP contribution in [0.4, 0.5) is 4.79 Å². The number of hydrogen-bond donors (Lipinski definition) is 4. The molecule has 1 aliphatic heterocycles. The molecule has 0 saturated carbocycles. The van der Waals surface area contributed by atoms with Crippen LogP contribution in [0.1, 0.15) is 47.0 Å². The number of rotatable bonds is 13. The van der Waals surface area contributed by atoms with Gasteiger partial charge in [0, 0.05) is 24.6 Å². The Balaban J connectivity index is 2.74. The van der Waals surface area contributed by atoms with Gasteiger partial charge >= 0.3 is 6.03 Å². The predicted molar refractivity (Wildman–Crippen MR) is 116 cm³/mol. The summed E-state index contributed by atoms with van der Waals surface area (Å²) in [7, 11) is 0. The lowest BCUT2D eigenvalue weighted by Crippen LogP contribution is -2.55. The molecule has 1 heterocycles. The zero-order valence-corrected chi connectivity index (χ0v) is 19.0. The number of hydrogen-bond acceptors (Lipinski definition) is 6. The van der Waals surface area contributed by atoms with E-state index >= 15 is 0 Å². The molecule has 6 amide bonds. The van der Waals surface area contributed by atoms with E-state index in [1.165, 1.54) is 0 Å². The average molecular weight is 452 g/mol. The van der Waals surface area contributed by atoms with Crippen LogP contribution in [0.3, 0.4) is 0 Å². The number of urea groups is 1. The summed E-state index contributed by atoms with van der Waals surface area (Å²) in [6.45, 7) is 6.79. The highest BCUT2D eigenvalue weighted by atomic mass is 16.2. The minimum absolute atomic E-state index is 0.144. The summed E-state index contributed by atoms with van der Waals surface area (Å²) in [6.07, 6.45) is 3.66. The van der Waals surface area contributed by atoms with Crippen molar-refractivity contribution in [3.05, 3.63) is 12.2 Å². The zero-order valence-electron chi connectivity index (χ0n) is 19.0. The molecule has 178 valence electrons. The molecule has 11 heteroatoms. The van der Waals surface area contributed by atoms with Crippen molar-refractivity contribution in [1.82, 2.24) is 20.9 Å². The zero-order chi connectivity index (χ0) is 24.4. The highest BCUT2D eigenvalue weighted by Gasteiger charge is 2.31. The molecule has 11 nitrogen and oxygen atoms in total. The molecule has 2 atom stereocenters. The molecule has 0 aromatic carbocycles. The van der Waals surface area contributed by atoms with E-state index in [1.807, 2.05) is 0 Å². The smallest absolute Gasteiger partial charge is 0.312 e. The predicted octanol–water partition coefficient (Wildman–Crippen LogP) is -0.399. The Morgan fingerprint density at radius 3 is 2.06 bits per heavy atom. The van der Waals surface area contributed by atoms with E-state index in [9.17, 15) is 28.8 Å². The number of primary amides is 1. The normalized spacial score (nSPS) is 15.1. The molecule has 0 unspecified atom stereocenters. The Morgan fingerprint density at radius 2 is 1.56 bits per heavy atom. The third-order valence-corrected chi connectivity index (χ3v) is 4.92. The summed E-state index contributed by atoms with van der Waals surface area (Å²) < 4.78 is 0. The maximum Gasteiger partial charge on any atom is 0.312 e. The summed E-state index contributed by atoms with van der Waals surface area (Å²) in [6, 6.07) is -2.33. The van der Waals surface area contributed by atoms with E-state index in [0.29, 0.717) is 25.8 Å². The van der Waals surface area contributed by atoms with Crippen molar-refractivity contribution < 1.29 is 28.8 Å². The van der Waals surface area contributed by atoms with Gasteiger partial charge in [-0.05, 0) is 25.2 Å². The standard InChI is InChI=1S/C21H33N5O6/c1-12(2)18(25-15(27)11-26-16(28)8-9-17(26)29)20(31)24-14(19(30)13(3)4)7-5-6-10-23-21(22)32/h8-9,12-14,18H,5-7,10-11H2,1-4H3,(H,24,31)(H,25,27)(H3,22,23,32)/t14-,18-/m1/s1. The van der Waals surface area contributed by atoms with Crippen LogP contribution < -0.4 is 21.7 Å². The molecule has 0 saturated heterocycles. The second-order valence-electron chi connectivity index (χ2n) is 8.29. The number of imide groups is 1. The average Bonchev–Trinajstić information content (AvgIpc) is 3.01. The van der Waals surface area contributed by atoms with Crippen LogP contribution in [0, 0.1) is 11.8 Å². The third kappa shape index (κ3) is 8.48. The number of ketones is 1. The second-order valence-corrected chi connectivity index (χ2v) is 8.29. The van der Waals surface area contributed by atoms with E-state index in [-0.39, 0.29) is 17.6 Å². The Labute approximate surface area is 187 Å². The van der Waals surface area contributed by atoms with E-state index < -0.39 is 48.3 Å². The van der Waals surface area contributed by atoms with E-state index in [4.69, 9.17) is 5.73 Å². The quantitative estimate of drug-likeness (QED) is 0.219. The Morgan fingerprint density at radius 1 is 0.969 bits per heavy atom. The summed E-state index contributed by atoms with van der Waals surface area (Å²) in [5.41, 5.74) is 5.02. The number of nitrogens with two attached hydrogens (primary N) is 1. The van der Waals surface area contributed by atoms with Crippen LogP contribution in [-0.2, 0) is 24.0 Å². The van der Waals surface area contributed by atoms with Crippen LogP contribution in [0.15, 0.2) is 12.2 Å². The second kappa shape index (κ2) is 12.6. The van der Waals surface area contributed by atoms with Crippen molar-refractivity contribution in [2.75, 3.05) is 13.1 Å². The van der Waals surface area contributed by atoms with Gasteiger partial charge in [0.25, 0.3) is 11.8 Å². The van der Waals surface area contributed by atoms with Gasteiger partial charge in [-0.3, -0.25) is 28.9 Å². The molecule has 1 aliphatic rings. The van der Waals surface area contributed by atoms with Gasteiger partial charge in [-0.15, -0.1) is 0 Å². The fraction of sp³-hybridized carbons (Fsp3) is 0.619. The van der Waals surface area contributed by atoms with Crippen LogP contribution >= 0.6 is 0 Å². The number of nitrogens with one attached hydrogen (secondary N) is 3. The fourth-order valence-electron chi connectivity index (χ4n) is 3.12. The minimum atomic E-state index is -0.956. The maximum absolute atomic E-state index is 12.9. The van der Waals surface area contributed by atoms with Gasteiger partial charge in [-0.25, -0.2) is 4.79 Å². The largest absolute Gasteiger partial charge is 0.352 e. The van der Waals surface area contributed by atoms with Crippen molar-refractivity contribution in [2.24, 2.45) is 17.6 Å². The topological polar surface area (TPSA) is 168 Å². The van der Waals surface area contributed by atoms with E-state index in [2.05, 4.69) is 16.0 Å². The van der Waals surface area contributed by atoms with Gasteiger partial charge in [0.05, 0.1) is 6.04 Å². The number of amides is 6. The van der Waals surface area contributed by atoms with Crippen molar-refractivity contribution in [3.63, 3.8) is 0 Å². The Bertz CT molecular complexity index is 759. The van der Waals surface area contributed by atoms with Crippen molar-refractivity contribution >= 4 is 35.4 Å². The number of nitrogens with zero attached hydrogens (tertiary/aromatic N) is 1. The molecule has 1 rings (SSSR count).